The maximum absolute atomic E-state index is 11.9. The number of hydrogen-bond donors (Lipinski definition) is 1. The third kappa shape index (κ3) is 5.99. The average Bonchev–Trinajstić information content (AvgIpc) is 2.52. The van der Waals surface area contributed by atoms with Crippen LogP contribution >= 0.6 is 11.8 Å². The molecule has 0 fully saturated rings. The molecule has 0 aliphatic heterocycles. The molecule has 0 aliphatic carbocycles. The zero-order chi connectivity index (χ0) is 16.7. The number of benzene rings is 2. The van der Waals surface area contributed by atoms with Gasteiger partial charge in [-0.1, -0.05) is 41.5 Å². The Bertz CT molecular complexity index is 650. The Hall–Kier alpha value is -1.94. The number of carbonyl (C=O) groups excluding carboxylic acids is 1. The van der Waals surface area contributed by atoms with Gasteiger partial charge in [0.15, 0.2) is 0 Å². The normalized spacial score (nSPS) is 10.4. The highest BCUT2D eigenvalue weighted by Gasteiger charge is 2.04. The van der Waals surface area contributed by atoms with Crippen molar-refractivity contribution in [3.05, 3.63) is 64.7 Å². The van der Waals surface area contributed by atoms with E-state index in [4.69, 9.17) is 4.74 Å². The first-order valence-corrected chi connectivity index (χ1v) is 8.77. The molecule has 0 heterocycles. The molecule has 2 aromatic carbocycles. The quantitative estimate of drug-likeness (QED) is 0.838. The van der Waals surface area contributed by atoms with Crippen LogP contribution < -0.4 is 10.1 Å². The molecule has 23 heavy (non-hydrogen) atoms. The number of methoxy groups -OCH3 is 1. The number of thioether (sulfide) groups is 1. The van der Waals surface area contributed by atoms with Crippen LogP contribution in [0.3, 0.4) is 0 Å². The first-order chi connectivity index (χ1) is 11.1. The van der Waals surface area contributed by atoms with E-state index in [9.17, 15) is 4.79 Å². The molecule has 0 spiro atoms. The molecule has 0 unspecified atom stereocenters. The molecule has 0 saturated carbocycles. The van der Waals surface area contributed by atoms with Gasteiger partial charge in [0.25, 0.3) is 0 Å². The highest BCUT2D eigenvalue weighted by atomic mass is 32.2. The first-order valence-electron chi connectivity index (χ1n) is 7.61. The van der Waals surface area contributed by atoms with Crippen LogP contribution in [0.1, 0.15) is 22.3 Å². The molecule has 0 radical (unpaired) electrons. The van der Waals surface area contributed by atoms with Crippen molar-refractivity contribution in [1.82, 2.24) is 5.32 Å². The van der Waals surface area contributed by atoms with Gasteiger partial charge in [-0.05, 0) is 37.1 Å². The van der Waals surface area contributed by atoms with E-state index in [-0.39, 0.29) is 5.91 Å². The lowest BCUT2D eigenvalue weighted by Gasteiger charge is -2.08. The second-order valence-corrected chi connectivity index (χ2v) is 6.60. The minimum Gasteiger partial charge on any atom is -0.497 e. The summed E-state index contributed by atoms with van der Waals surface area (Å²) in [4.78, 5) is 11.9. The number of amides is 1. The van der Waals surface area contributed by atoms with Crippen LogP contribution in [-0.4, -0.2) is 18.8 Å². The maximum atomic E-state index is 11.9. The van der Waals surface area contributed by atoms with E-state index in [1.807, 2.05) is 24.3 Å². The summed E-state index contributed by atoms with van der Waals surface area (Å²) in [6, 6.07) is 14.2. The summed E-state index contributed by atoms with van der Waals surface area (Å²) >= 11 is 1.64. The molecule has 3 nitrogen and oxygen atoms in total. The smallest absolute Gasteiger partial charge is 0.230 e. The molecular weight excluding hydrogens is 306 g/mol. The Morgan fingerprint density at radius 3 is 2.52 bits per heavy atom. The van der Waals surface area contributed by atoms with Crippen molar-refractivity contribution in [2.75, 3.05) is 12.9 Å². The van der Waals surface area contributed by atoms with Crippen LogP contribution in [0, 0.1) is 13.8 Å². The van der Waals surface area contributed by atoms with E-state index in [0.29, 0.717) is 12.3 Å². The SMILES string of the molecule is COc1cccc(CNC(=O)CSCc2cc(C)cc(C)c2)c1. The van der Waals surface area contributed by atoms with Crippen LogP contribution in [0.4, 0.5) is 0 Å². The van der Waals surface area contributed by atoms with E-state index < -0.39 is 0 Å². The van der Waals surface area contributed by atoms with Gasteiger partial charge < -0.3 is 10.1 Å². The Morgan fingerprint density at radius 2 is 1.83 bits per heavy atom. The number of hydrogen-bond acceptors (Lipinski definition) is 3. The lowest BCUT2D eigenvalue weighted by Crippen LogP contribution is -2.24. The molecule has 0 saturated heterocycles. The summed E-state index contributed by atoms with van der Waals surface area (Å²) in [5, 5.41) is 2.94. The highest BCUT2D eigenvalue weighted by Crippen LogP contribution is 2.16. The molecule has 4 heteroatoms. The predicted molar refractivity (Wildman–Crippen MR) is 96.9 cm³/mol. The van der Waals surface area contributed by atoms with Crippen molar-refractivity contribution >= 4 is 17.7 Å². The summed E-state index contributed by atoms with van der Waals surface area (Å²) in [6.07, 6.45) is 0. The van der Waals surface area contributed by atoms with Crippen molar-refractivity contribution in [2.45, 2.75) is 26.1 Å². The number of carbonyl (C=O) groups is 1. The van der Waals surface area contributed by atoms with Gasteiger partial charge in [-0.3, -0.25) is 4.79 Å². The average molecular weight is 329 g/mol. The molecule has 1 amide bonds. The molecule has 0 atom stereocenters. The molecule has 2 aromatic rings. The Kier molecular flexibility index (Phi) is 6.53. The zero-order valence-electron chi connectivity index (χ0n) is 13.9. The van der Waals surface area contributed by atoms with Crippen molar-refractivity contribution in [2.24, 2.45) is 0 Å². The second-order valence-electron chi connectivity index (χ2n) is 5.62. The van der Waals surface area contributed by atoms with Crippen molar-refractivity contribution in [3.63, 3.8) is 0 Å². The number of aryl methyl sites for hydroxylation is 2. The monoisotopic (exact) mass is 329 g/mol. The zero-order valence-corrected chi connectivity index (χ0v) is 14.7. The van der Waals surface area contributed by atoms with Crippen molar-refractivity contribution in [1.29, 1.82) is 0 Å². The lowest BCUT2D eigenvalue weighted by atomic mass is 10.1. The van der Waals surface area contributed by atoms with Crippen molar-refractivity contribution in [3.8, 4) is 5.75 Å². The molecule has 0 aliphatic rings. The van der Waals surface area contributed by atoms with Crippen LogP contribution in [0.5, 0.6) is 5.75 Å². The van der Waals surface area contributed by atoms with Gasteiger partial charge in [-0.25, -0.2) is 0 Å². The summed E-state index contributed by atoms with van der Waals surface area (Å²) in [7, 11) is 1.64. The Morgan fingerprint density at radius 1 is 1.09 bits per heavy atom. The lowest BCUT2D eigenvalue weighted by molar-refractivity contribution is -0.118. The molecule has 0 bridgehead atoms. The van der Waals surface area contributed by atoms with Gasteiger partial charge in [0.2, 0.25) is 5.91 Å². The topological polar surface area (TPSA) is 38.3 Å². The van der Waals surface area contributed by atoms with E-state index in [1.165, 1.54) is 16.7 Å². The molecule has 2 rings (SSSR count). The van der Waals surface area contributed by atoms with Gasteiger partial charge in [-0.2, -0.15) is 0 Å². The van der Waals surface area contributed by atoms with Gasteiger partial charge in [0, 0.05) is 12.3 Å². The van der Waals surface area contributed by atoms with Crippen LogP contribution in [0.15, 0.2) is 42.5 Å². The first kappa shape index (κ1) is 17.4. The van der Waals surface area contributed by atoms with Crippen molar-refractivity contribution < 1.29 is 9.53 Å². The molecule has 0 aromatic heterocycles. The fourth-order valence-electron chi connectivity index (χ4n) is 2.45. The van der Waals surface area contributed by atoms with Gasteiger partial charge in [0.1, 0.15) is 5.75 Å². The van der Waals surface area contributed by atoms with E-state index in [1.54, 1.807) is 18.9 Å². The standard InChI is InChI=1S/C19H23NO2S/c1-14-7-15(2)9-17(8-14)12-23-13-19(21)20-11-16-5-4-6-18(10-16)22-3/h4-10H,11-13H2,1-3H3,(H,20,21). The number of ether oxygens (including phenoxy) is 1. The van der Waals surface area contributed by atoms with E-state index >= 15 is 0 Å². The third-order valence-electron chi connectivity index (χ3n) is 3.41. The van der Waals surface area contributed by atoms with Crippen LogP contribution in [-0.2, 0) is 17.1 Å². The number of rotatable bonds is 7. The summed E-state index contributed by atoms with van der Waals surface area (Å²) < 4.78 is 5.18. The molecule has 122 valence electrons. The Balaban J connectivity index is 1.74. The van der Waals surface area contributed by atoms with E-state index in [0.717, 1.165) is 17.1 Å². The maximum Gasteiger partial charge on any atom is 0.230 e. The van der Waals surface area contributed by atoms with Gasteiger partial charge in [-0.15, -0.1) is 11.8 Å². The summed E-state index contributed by atoms with van der Waals surface area (Å²) in [5.74, 6) is 2.19. The second kappa shape index (κ2) is 8.63. The van der Waals surface area contributed by atoms with Gasteiger partial charge >= 0.3 is 0 Å². The molecular formula is C19H23NO2S. The molecule has 1 N–H and O–H groups in total. The Labute approximate surface area is 142 Å². The third-order valence-corrected chi connectivity index (χ3v) is 4.41. The summed E-state index contributed by atoms with van der Waals surface area (Å²) in [6.45, 7) is 4.73. The van der Waals surface area contributed by atoms with Gasteiger partial charge in [0.05, 0.1) is 12.9 Å². The fraction of sp³-hybridized carbons (Fsp3) is 0.316. The minimum absolute atomic E-state index is 0.0576. The fourth-order valence-corrected chi connectivity index (χ4v) is 3.24. The largest absolute Gasteiger partial charge is 0.497 e. The summed E-state index contributed by atoms with van der Waals surface area (Å²) in [5.41, 5.74) is 4.84. The number of nitrogens with one attached hydrogen (secondary N) is 1. The highest BCUT2D eigenvalue weighted by molar-refractivity contribution is 7.99. The predicted octanol–water partition coefficient (Wildman–Crippen LogP) is 3.86. The van der Waals surface area contributed by atoms with Crippen LogP contribution in [0.2, 0.25) is 0 Å². The van der Waals surface area contributed by atoms with E-state index in [2.05, 4.69) is 37.4 Å². The minimum atomic E-state index is 0.0576. The van der Waals surface area contributed by atoms with Crippen LogP contribution in [0.25, 0.3) is 0 Å².